The summed E-state index contributed by atoms with van der Waals surface area (Å²) >= 11 is 13.7. The number of benzene rings is 7. The number of nitrogens with two attached hydrogens (primary N) is 1. The van der Waals surface area contributed by atoms with Gasteiger partial charge in [0.25, 0.3) is 11.8 Å². The second-order valence-electron chi connectivity index (χ2n) is 19.7. The SMILES string of the molecule is N[C@H]1C(=O)NC2Cc3ccc(c(Cl)c3)Oc3cc4cc(c3O)Oc3ccc(cc3Cl)/C=C3\NC(=O)C(NC(=O)C4NC(=O)C(NC2=O)c2cc(O)cc(c2)Oc2cc1ccc2O)c1ccc(O)c(c1)-c1c(O)cc(O)cc1[C@@H](C(=O)O)NC3=O. The van der Waals surface area contributed by atoms with Crippen LogP contribution in [0.3, 0.4) is 0 Å². The van der Waals surface area contributed by atoms with E-state index >= 15 is 14.4 Å². The monoisotopic (exact) mass is 1180 g/mol. The van der Waals surface area contributed by atoms with Gasteiger partial charge in [0, 0.05) is 35.2 Å². The molecule has 0 saturated carbocycles. The zero-order valence-corrected chi connectivity index (χ0v) is 44.3. The molecule has 6 amide bonds. The molecule has 7 aromatic rings. The third kappa shape index (κ3) is 10.7. The number of carboxylic acid groups (broad SMARTS) is 1. The van der Waals surface area contributed by atoms with E-state index in [1.165, 1.54) is 60.7 Å². The standard InChI is InChI=1S/C58H43Cl2N7O17/c59-33-9-22-1-7-40(33)83-43-17-27-18-44(51(43)73)84-41-8-2-23(10-34(41)60)12-36-53(75)67-50(58(80)81)32-20-29(69)21-39(72)45(32)31-15-25(4-5-37(31)70)47(55(77)63-36)65-57(79)49(27)66-56(78)48-26-13-28(68)19-30(14-26)82-42-16-24(3-6-38(42)71)46(61)54(76)62-35(11-22)52(74)64-48/h1-10,12-21,35,46-50,68-73H,11,61H2,(H,62,76)(H,63,77)(H,64,74)(H,65,79)(H,66,78)(H,67,75)(H,80,81)/b36-12-/t35?,46-,47?,48?,49?,50+/m1/s1. The van der Waals surface area contributed by atoms with E-state index in [4.69, 9.17) is 43.1 Å². The first-order valence-electron chi connectivity index (χ1n) is 25.1. The average Bonchev–Trinajstić information content (AvgIpc) is 3.52. The Hall–Kier alpha value is -10.7. The van der Waals surface area contributed by atoms with Crippen molar-refractivity contribution in [3.8, 4) is 80.1 Å². The molecule has 84 heavy (non-hydrogen) atoms. The van der Waals surface area contributed by atoms with Crippen LogP contribution in [0.4, 0.5) is 0 Å². The molecular weight excluding hydrogens is 1140 g/mol. The first-order chi connectivity index (χ1) is 40.0. The highest BCUT2D eigenvalue weighted by Gasteiger charge is 2.39. The van der Waals surface area contributed by atoms with Gasteiger partial charge in [0.2, 0.25) is 29.4 Å². The van der Waals surface area contributed by atoms with Gasteiger partial charge in [-0.15, -0.1) is 0 Å². The number of phenols is 6. The van der Waals surface area contributed by atoms with Gasteiger partial charge in [-0.1, -0.05) is 47.5 Å². The minimum atomic E-state index is -2.13. The van der Waals surface area contributed by atoms with Gasteiger partial charge in [0.15, 0.2) is 29.0 Å². The van der Waals surface area contributed by atoms with Crippen molar-refractivity contribution in [3.63, 3.8) is 0 Å². The highest BCUT2D eigenvalue weighted by atomic mass is 35.5. The van der Waals surface area contributed by atoms with Gasteiger partial charge in [-0.25, -0.2) is 4.79 Å². The molecule has 0 aliphatic carbocycles. The summed E-state index contributed by atoms with van der Waals surface area (Å²) in [4.78, 5) is 103. The highest BCUT2D eigenvalue weighted by Crippen LogP contribution is 2.48. The van der Waals surface area contributed by atoms with Gasteiger partial charge in [0.05, 0.1) is 10.0 Å². The topological polar surface area (TPSA) is 387 Å². The minimum absolute atomic E-state index is 0.0861. The Labute approximate surface area is 482 Å². The number of hydrogen-bond acceptors (Lipinski definition) is 17. The minimum Gasteiger partial charge on any atom is -0.508 e. The van der Waals surface area contributed by atoms with Crippen molar-refractivity contribution in [2.75, 3.05) is 0 Å². The number of carbonyl (C=O) groups is 7. The van der Waals surface area contributed by atoms with Gasteiger partial charge < -0.3 is 87.6 Å². The summed E-state index contributed by atoms with van der Waals surface area (Å²) in [7, 11) is 0. The van der Waals surface area contributed by atoms with Gasteiger partial charge >= 0.3 is 5.97 Å². The maximum absolute atomic E-state index is 15.6. The van der Waals surface area contributed by atoms with Crippen molar-refractivity contribution in [1.82, 2.24) is 31.9 Å². The molecule has 24 nitrogen and oxygen atoms in total. The molecular formula is C58H43Cl2N7O17. The summed E-state index contributed by atoms with van der Waals surface area (Å²) in [6, 6.07) is 11.4. The number of rotatable bonds is 1. The van der Waals surface area contributed by atoms with Crippen LogP contribution in [0, 0.1) is 0 Å². The fourth-order valence-corrected chi connectivity index (χ4v) is 10.4. The molecule has 0 spiro atoms. The second-order valence-corrected chi connectivity index (χ2v) is 20.5. The Kier molecular flexibility index (Phi) is 14.2. The number of hydrogen-bond donors (Lipinski definition) is 14. The van der Waals surface area contributed by atoms with E-state index in [0.29, 0.717) is 5.56 Å². The molecule has 13 rings (SSSR count). The van der Waals surface area contributed by atoms with Crippen LogP contribution in [-0.4, -0.2) is 83.2 Å². The van der Waals surface area contributed by atoms with Crippen LogP contribution in [-0.2, 0) is 40.0 Å². The number of nitrogens with one attached hydrogen (secondary N) is 6. The zero-order valence-electron chi connectivity index (χ0n) is 42.8. The molecule has 0 fully saturated rings. The van der Waals surface area contributed by atoms with Crippen molar-refractivity contribution < 1.29 is 83.5 Å². The maximum atomic E-state index is 15.6. The third-order valence-electron chi connectivity index (χ3n) is 14.0. The van der Waals surface area contributed by atoms with Crippen molar-refractivity contribution in [3.05, 3.63) is 170 Å². The Balaban J connectivity index is 1.14. The fraction of sp³-hybridized carbons (Fsp3) is 0.121. The number of amides is 6. The molecule has 17 bridgehead atoms. The molecule has 0 aromatic heterocycles. The Morgan fingerprint density at radius 3 is 1.81 bits per heavy atom. The Morgan fingerprint density at radius 2 is 1.13 bits per heavy atom. The van der Waals surface area contributed by atoms with Crippen molar-refractivity contribution in [2.45, 2.75) is 42.7 Å². The lowest BCUT2D eigenvalue weighted by Crippen LogP contribution is -2.53. The number of halogens is 2. The Bertz CT molecular complexity index is 4060. The fourth-order valence-electron chi connectivity index (χ4n) is 9.92. The van der Waals surface area contributed by atoms with Crippen LogP contribution in [0.5, 0.6) is 69.0 Å². The predicted octanol–water partition coefficient (Wildman–Crippen LogP) is 5.92. The van der Waals surface area contributed by atoms with Crippen LogP contribution in [0.25, 0.3) is 17.2 Å². The van der Waals surface area contributed by atoms with E-state index < -0.39 is 140 Å². The van der Waals surface area contributed by atoms with Crippen LogP contribution in [0.1, 0.15) is 69.2 Å². The lowest BCUT2D eigenvalue weighted by molar-refractivity contribution is -0.141. The first kappa shape index (κ1) is 55.2. The van der Waals surface area contributed by atoms with E-state index in [9.17, 15) is 54.9 Å². The van der Waals surface area contributed by atoms with E-state index in [2.05, 4.69) is 31.9 Å². The Morgan fingerprint density at radius 1 is 0.524 bits per heavy atom. The molecule has 4 unspecified atom stereocenters. The molecule has 6 atom stereocenters. The molecule has 0 saturated heterocycles. The van der Waals surface area contributed by atoms with Gasteiger partial charge in [-0.3, -0.25) is 28.8 Å². The summed E-state index contributed by atoms with van der Waals surface area (Å²) in [5.41, 5.74) is 4.29. The molecule has 426 valence electrons. The largest absolute Gasteiger partial charge is 0.508 e. The van der Waals surface area contributed by atoms with Crippen LogP contribution in [0.2, 0.25) is 10.0 Å². The number of carboxylic acids is 1. The number of aromatic hydroxyl groups is 6. The summed E-state index contributed by atoms with van der Waals surface area (Å²) in [6.07, 6.45) is 0.757. The third-order valence-corrected chi connectivity index (χ3v) is 14.6. The van der Waals surface area contributed by atoms with Gasteiger partial charge in [-0.05, 0) is 118 Å². The number of ether oxygens (including phenoxy) is 3. The van der Waals surface area contributed by atoms with Crippen LogP contribution in [0.15, 0.2) is 121 Å². The van der Waals surface area contributed by atoms with Crippen molar-refractivity contribution in [1.29, 1.82) is 0 Å². The van der Waals surface area contributed by atoms with Crippen LogP contribution >= 0.6 is 23.2 Å². The predicted molar refractivity (Wildman–Crippen MR) is 294 cm³/mol. The average molecular weight is 1180 g/mol. The molecule has 6 heterocycles. The van der Waals surface area contributed by atoms with E-state index in [1.807, 2.05) is 0 Å². The maximum Gasteiger partial charge on any atom is 0.330 e. The van der Waals surface area contributed by atoms with E-state index in [-0.39, 0.29) is 72.8 Å². The number of fused-ring (bicyclic) bond motifs is 14. The molecule has 7 aromatic carbocycles. The summed E-state index contributed by atoms with van der Waals surface area (Å²) < 4.78 is 18.4. The number of aliphatic carboxylic acids is 1. The molecule has 26 heteroatoms. The van der Waals surface area contributed by atoms with Gasteiger partial charge in [-0.2, -0.15) is 0 Å². The number of carbonyl (C=O) groups excluding carboxylic acids is 6. The smallest absolute Gasteiger partial charge is 0.330 e. The summed E-state index contributed by atoms with van der Waals surface area (Å²) in [5.74, 6) is -14.2. The lowest BCUT2D eigenvalue weighted by atomic mass is 9.90. The number of phenolic OH excluding ortho intramolecular Hbond substituents is 6. The molecule has 6 aliphatic heterocycles. The van der Waals surface area contributed by atoms with Gasteiger partial charge in [0.1, 0.15) is 76.2 Å². The summed E-state index contributed by atoms with van der Waals surface area (Å²) in [6.45, 7) is 0. The van der Waals surface area contributed by atoms with Crippen molar-refractivity contribution in [2.24, 2.45) is 5.73 Å². The van der Waals surface area contributed by atoms with Crippen molar-refractivity contribution >= 4 is 70.7 Å². The zero-order chi connectivity index (χ0) is 59.6. The quantitative estimate of drug-likeness (QED) is 0.0906. The normalized spacial score (nSPS) is 20.9. The van der Waals surface area contributed by atoms with E-state index in [1.54, 1.807) is 0 Å². The molecule has 15 N–H and O–H groups in total. The second kappa shape index (κ2) is 21.7. The first-order valence-corrected chi connectivity index (χ1v) is 25.9. The molecule has 6 aliphatic rings. The molecule has 0 radical (unpaired) electrons. The van der Waals surface area contributed by atoms with E-state index in [0.717, 1.165) is 60.7 Å². The summed E-state index contributed by atoms with van der Waals surface area (Å²) in [5, 5.41) is 93.0. The lowest BCUT2D eigenvalue weighted by Gasteiger charge is -2.29. The highest BCUT2D eigenvalue weighted by molar-refractivity contribution is 6.32. The van der Waals surface area contributed by atoms with Crippen LogP contribution < -0.4 is 51.8 Å².